The van der Waals surface area contributed by atoms with Gasteiger partial charge in [-0.25, -0.2) is 0 Å². The molecule has 37 heavy (non-hydrogen) atoms. The van der Waals surface area contributed by atoms with E-state index in [1.54, 1.807) is 11.3 Å². The third kappa shape index (κ3) is 4.50. The Morgan fingerprint density at radius 1 is 1.00 bits per heavy atom. The van der Waals surface area contributed by atoms with E-state index in [1.165, 1.54) is 5.56 Å². The maximum Gasteiger partial charge on any atom is 0.256 e. The monoisotopic (exact) mass is 510 g/mol. The Labute approximate surface area is 220 Å². The fraction of sp³-hybridized carbons (Fsp3) is 0.345. The molecule has 0 atom stereocenters. The molecule has 8 heteroatoms. The van der Waals surface area contributed by atoms with E-state index in [9.17, 15) is 4.79 Å². The molecule has 1 N–H and O–H groups in total. The van der Waals surface area contributed by atoms with Crippen molar-refractivity contribution < 1.29 is 4.79 Å². The van der Waals surface area contributed by atoms with Crippen LogP contribution in [0.2, 0.25) is 0 Å². The molecule has 0 bridgehead atoms. The Balaban J connectivity index is 1.30. The number of H-pyrrole nitrogens is 1. The average Bonchev–Trinajstić information content (AvgIpc) is 3.75. The molecular formula is C29H30N6OS. The van der Waals surface area contributed by atoms with Gasteiger partial charge >= 0.3 is 0 Å². The number of amidine groups is 1. The van der Waals surface area contributed by atoms with Crippen molar-refractivity contribution in [3.63, 3.8) is 0 Å². The number of rotatable bonds is 8. The molecule has 6 rings (SSSR count). The summed E-state index contributed by atoms with van der Waals surface area (Å²) < 4.78 is 0. The Hall–Kier alpha value is -3.65. The van der Waals surface area contributed by atoms with Crippen molar-refractivity contribution in [2.75, 3.05) is 0 Å². The molecule has 1 amide bonds. The zero-order valence-corrected chi connectivity index (χ0v) is 21.8. The number of aromatic amines is 1. The van der Waals surface area contributed by atoms with Gasteiger partial charge in [0.15, 0.2) is 0 Å². The molecule has 2 aliphatic rings. The van der Waals surface area contributed by atoms with Crippen LogP contribution in [0.15, 0.2) is 64.3 Å². The maximum absolute atomic E-state index is 13.5. The topological polar surface area (TPSA) is 87.1 Å². The fourth-order valence-electron chi connectivity index (χ4n) is 5.53. The number of tetrazole rings is 1. The summed E-state index contributed by atoms with van der Waals surface area (Å²) in [6.45, 7) is 2.75. The van der Waals surface area contributed by atoms with Crippen LogP contribution in [-0.2, 0) is 11.3 Å². The number of unbranched alkanes of at least 4 members (excludes halogenated alkanes) is 1. The summed E-state index contributed by atoms with van der Waals surface area (Å²) in [6, 6.07) is 17.0. The summed E-state index contributed by atoms with van der Waals surface area (Å²) >= 11 is 1.69. The summed E-state index contributed by atoms with van der Waals surface area (Å²) in [5, 5.41) is 19.0. The maximum atomic E-state index is 13.5. The van der Waals surface area contributed by atoms with Crippen LogP contribution in [-0.4, -0.2) is 42.8 Å². The average molecular weight is 511 g/mol. The standard InChI is InChI=1S/C29H30N6OS/c1-2-3-6-26-30-29(14-4-5-15-29)28(36)35(26)18-20-7-9-21(10-8-20)25-17-22(23-13-16-37-19-23)11-12-24(25)27-31-33-34-32-27/h7-13,16-17,19H,2-6,14-15,18H2,1H3,(H,31,32,33,34). The molecular weight excluding hydrogens is 480 g/mol. The van der Waals surface area contributed by atoms with E-state index in [4.69, 9.17) is 4.99 Å². The van der Waals surface area contributed by atoms with E-state index in [-0.39, 0.29) is 5.91 Å². The van der Waals surface area contributed by atoms with E-state index < -0.39 is 5.54 Å². The molecule has 1 saturated carbocycles. The van der Waals surface area contributed by atoms with E-state index >= 15 is 0 Å². The molecule has 1 spiro atoms. The third-order valence-electron chi connectivity index (χ3n) is 7.55. The number of nitrogens with zero attached hydrogens (tertiary/aromatic N) is 5. The second kappa shape index (κ2) is 10.0. The number of aliphatic imine (C=N–C) groups is 1. The van der Waals surface area contributed by atoms with Crippen LogP contribution in [0, 0.1) is 0 Å². The van der Waals surface area contributed by atoms with Crippen LogP contribution >= 0.6 is 11.3 Å². The van der Waals surface area contributed by atoms with Gasteiger partial charge in [-0.1, -0.05) is 56.5 Å². The zero-order valence-electron chi connectivity index (χ0n) is 21.0. The highest BCUT2D eigenvalue weighted by molar-refractivity contribution is 7.08. The quantitative estimate of drug-likeness (QED) is 0.293. The molecule has 0 radical (unpaired) electrons. The molecule has 0 saturated heterocycles. The molecule has 1 aliphatic carbocycles. The van der Waals surface area contributed by atoms with Gasteiger partial charge in [0.25, 0.3) is 5.91 Å². The van der Waals surface area contributed by atoms with Gasteiger partial charge in [0.05, 0.1) is 6.54 Å². The van der Waals surface area contributed by atoms with Gasteiger partial charge in [-0.2, -0.15) is 16.6 Å². The van der Waals surface area contributed by atoms with Crippen LogP contribution in [0.1, 0.15) is 57.4 Å². The second-order valence-corrected chi connectivity index (χ2v) is 10.7. The largest absolute Gasteiger partial charge is 0.294 e. The summed E-state index contributed by atoms with van der Waals surface area (Å²) in [5.74, 6) is 1.74. The predicted octanol–water partition coefficient (Wildman–Crippen LogP) is 6.51. The van der Waals surface area contributed by atoms with E-state index in [0.717, 1.165) is 78.6 Å². The van der Waals surface area contributed by atoms with E-state index in [0.29, 0.717) is 12.4 Å². The minimum absolute atomic E-state index is 0.197. The number of aromatic nitrogens is 4. The van der Waals surface area contributed by atoms with Crippen molar-refractivity contribution in [1.82, 2.24) is 25.5 Å². The number of benzene rings is 2. The number of thiophene rings is 1. The van der Waals surface area contributed by atoms with Gasteiger partial charge in [-0.15, -0.1) is 10.2 Å². The van der Waals surface area contributed by atoms with Crippen molar-refractivity contribution in [3.05, 3.63) is 64.9 Å². The summed E-state index contributed by atoms with van der Waals surface area (Å²) in [5.41, 5.74) is 5.98. The number of hydrogen-bond acceptors (Lipinski definition) is 6. The Kier molecular flexibility index (Phi) is 6.42. The van der Waals surface area contributed by atoms with Gasteiger partial charge in [0.2, 0.25) is 5.82 Å². The highest BCUT2D eigenvalue weighted by Crippen LogP contribution is 2.40. The van der Waals surface area contributed by atoms with Gasteiger partial charge in [0.1, 0.15) is 11.4 Å². The normalized spacial score (nSPS) is 16.6. The van der Waals surface area contributed by atoms with Gasteiger partial charge < -0.3 is 0 Å². The van der Waals surface area contributed by atoms with Gasteiger partial charge in [0, 0.05) is 12.0 Å². The van der Waals surface area contributed by atoms with E-state index in [1.807, 2.05) is 4.90 Å². The Morgan fingerprint density at radius 2 is 1.81 bits per heavy atom. The van der Waals surface area contributed by atoms with Crippen LogP contribution in [0.4, 0.5) is 0 Å². The number of carbonyl (C=O) groups is 1. The first kappa shape index (κ1) is 23.7. The Bertz CT molecular complexity index is 1400. The molecule has 1 aliphatic heterocycles. The fourth-order valence-corrected chi connectivity index (χ4v) is 6.20. The molecule has 2 aromatic heterocycles. The van der Waals surface area contributed by atoms with Crippen LogP contribution < -0.4 is 0 Å². The van der Waals surface area contributed by atoms with Crippen LogP contribution in [0.3, 0.4) is 0 Å². The molecule has 3 heterocycles. The van der Waals surface area contributed by atoms with Crippen molar-refractivity contribution in [3.8, 4) is 33.6 Å². The number of amides is 1. The third-order valence-corrected chi connectivity index (χ3v) is 8.23. The molecule has 188 valence electrons. The smallest absolute Gasteiger partial charge is 0.256 e. The molecule has 4 aromatic rings. The minimum Gasteiger partial charge on any atom is -0.294 e. The lowest BCUT2D eigenvalue weighted by Crippen LogP contribution is -2.40. The van der Waals surface area contributed by atoms with Gasteiger partial charge in [-0.3, -0.25) is 14.7 Å². The van der Waals surface area contributed by atoms with Crippen molar-refractivity contribution >= 4 is 23.1 Å². The first-order chi connectivity index (χ1) is 18.2. The second-order valence-electron chi connectivity index (χ2n) is 9.97. The lowest BCUT2D eigenvalue weighted by atomic mass is 9.94. The number of carbonyl (C=O) groups excluding carboxylic acids is 1. The Morgan fingerprint density at radius 3 is 2.51 bits per heavy atom. The number of hydrogen-bond donors (Lipinski definition) is 1. The highest BCUT2D eigenvalue weighted by atomic mass is 32.1. The predicted molar refractivity (Wildman–Crippen MR) is 147 cm³/mol. The summed E-state index contributed by atoms with van der Waals surface area (Å²) in [6.07, 6.45) is 6.96. The SMILES string of the molecule is CCCCC1=NC2(CCCC2)C(=O)N1Cc1ccc(-c2cc(-c3ccsc3)ccc2-c2nn[nH]n2)cc1. The van der Waals surface area contributed by atoms with Crippen LogP contribution in [0.25, 0.3) is 33.6 Å². The van der Waals surface area contributed by atoms with Gasteiger partial charge in [-0.05, 0) is 81.3 Å². The zero-order chi connectivity index (χ0) is 25.2. The lowest BCUT2D eigenvalue weighted by molar-refractivity contribution is -0.131. The van der Waals surface area contributed by atoms with Crippen molar-refractivity contribution in [2.24, 2.45) is 4.99 Å². The lowest BCUT2D eigenvalue weighted by Gasteiger charge is -2.23. The minimum atomic E-state index is -0.495. The first-order valence-corrected chi connectivity index (χ1v) is 14.0. The van der Waals surface area contributed by atoms with Crippen molar-refractivity contribution in [2.45, 2.75) is 64.0 Å². The van der Waals surface area contributed by atoms with Crippen molar-refractivity contribution in [1.29, 1.82) is 0 Å². The number of nitrogens with one attached hydrogen (secondary N) is 1. The van der Waals surface area contributed by atoms with Crippen LogP contribution in [0.5, 0.6) is 0 Å². The molecule has 0 unspecified atom stereocenters. The van der Waals surface area contributed by atoms with E-state index in [2.05, 4.69) is 86.8 Å². The first-order valence-electron chi connectivity index (χ1n) is 13.1. The summed E-state index contributed by atoms with van der Waals surface area (Å²) in [4.78, 5) is 20.5. The molecule has 1 fully saturated rings. The molecule has 2 aromatic carbocycles. The summed E-state index contributed by atoms with van der Waals surface area (Å²) in [7, 11) is 0. The molecule has 7 nitrogen and oxygen atoms in total. The highest BCUT2D eigenvalue weighted by Gasteiger charge is 2.49.